The zero-order valence-corrected chi connectivity index (χ0v) is 27.0. The summed E-state index contributed by atoms with van der Waals surface area (Å²) in [4.78, 5) is 0. The molecule has 2 heterocycles. The summed E-state index contributed by atoms with van der Waals surface area (Å²) in [5.74, 6) is 1.72. The monoisotopic (exact) mass is 646 g/mol. The Morgan fingerprint density at radius 3 is 1.27 bits per heavy atom. The lowest BCUT2D eigenvalue weighted by Crippen LogP contribution is -2.26. The molecule has 0 spiro atoms. The normalized spacial score (nSPS) is 17.3. The van der Waals surface area contributed by atoms with Crippen LogP contribution in [0.3, 0.4) is 0 Å². The Balaban J connectivity index is 0.00000378. The Hall–Kier alpha value is -5.16. The van der Waals surface area contributed by atoms with Crippen LogP contribution in [0.25, 0.3) is 33.4 Å². The topological polar surface area (TPSA) is 43.5 Å². The summed E-state index contributed by atoms with van der Waals surface area (Å²) < 4.78 is 23.6. The van der Waals surface area contributed by atoms with E-state index < -0.39 is 5.41 Å². The second-order valence-electron chi connectivity index (χ2n) is 12.8. The van der Waals surface area contributed by atoms with Gasteiger partial charge in [-0.2, -0.15) is 0 Å². The molecule has 2 unspecified atom stereocenters. The average molecular weight is 647 g/mol. The first-order valence-corrected chi connectivity index (χ1v) is 16.7. The van der Waals surface area contributed by atoms with Gasteiger partial charge in [0.25, 0.3) is 0 Å². The first-order chi connectivity index (χ1) is 23.6. The van der Waals surface area contributed by atoms with E-state index in [-0.39, 0.29) is 19.6 Å². The Bertz CT molecular complexity index is 1880. The smallest absolute Gasteiger partial charge is 0.127 e. The van der Waals surface area contributed by atoms with Gasteiger partial charge in [0.15, 0.2) is 0 Å². The quantitative estimate of drug-likeness (QED) is 0.0980. The second-order valence-corrected chi connectivity index (χ2v) is 12.8. The van der Waals surface area contributed by atoms with E-state index in [1.54, 1.807) is 0 Å². The van der Waals surface area contributed by atoms with Crippen LogP contribution in [-0.2, 0) is 14.9 Å². The molecular formula is C45H42O4. The summed E-state index contributed by atoms with van der Waals surface area (Å²) in [5.41, 5.74) is 9.76. The number of rotatable bonds is 12. The zero-order chi connectivity index (χ0) is 32.3. The lowest BCUT2D eigenvalue weighted by atomic mass is 9.70. The minimum Gasteiger partial charge on any atom is -0.490 e. The van der Waals surface area contributed by atoms with Gasteiger partial charge < -0.3 is 18.9 Å². The van der Waals surface area contributed by atoms with Gasteiger partial charge in [-0.3, -0.25) is 0 Å². The highest BCUT2D eigenvalue weighted by atomic mass is 16.6. The summed E-state index contributed by atoms with van der Waals surface area (Å²) in [6, 6.07) is 53.9. The predicted molar refractivity (Wildman–Crippen MR) is 198 cm³/mol. The molecule has 2 aliphatic rings. The van der Waals surface area contributed by atoms with Crippen molar-refractivity contribution in [1.29, 1.82) is 0 Å². The largest absolute Gasteiger partial charge is 0.490 e. The van der Waals surface area contributed by atoms with E-state index in [2.05, 4.69) is 159 Å². The molecule has 0 amide bonds. The van der Waals surface area contributed by atoms with Crippen molar-refractivity contribution in [3.63, 3.8) is 0 Å². The minimum absolute atomic E-state index is 0. The van der Waals surface area contributed by atoms with Crippen molar-refractivity contribution in [3.05, 3.63) is 168 Å². The molecule has 0 aromatic heterocycles. The average Bonchev–Trinajstić information content (AvgIpc) is 4.10. The van der Waals surface area contributed by atoms with E-state index in [4.69, 9.17) is 18.9 Å². The van der Waals surface area contributed by atoms with Crippen LogP contribution in [0.15, 0.2) is 152 Å². The fourth-order valence-corrected chi connectivity index (χ4v) is 6.44. The molecule has 6 aromatic carbocycles. The maximum absolute atomic E-state index is 6.35. The first kappa shape index (κ1) is 32.4. The van der Waals surface area contributed by atoms with Crippen LogP contribution in [0.1, 0.15) is 31.0 Å². The highest BCUT2D eigenvalue weighted by molar-refractivity contribution is 5.75. The van der Waals surface area contributed by atoms with Crippen LogP contribution < -0.4 is 9.47 Å². The van der Waals surface area contributed by atoms with Crippen LogP contribution in [0.2, 0.25) is 0 Å². The Morgan fingerprint density at radius 1 is 0.490 bits per heavy atom. The molecule has 4 heteroatoms. The van der Waals surface area contributed by atoms with E-state index in [1.165, 1.54) is 27.8 Å². The molecule has 2 saturated heterocycles. The summed E-state index contributed by atoms with van der Waals surface area (Å²) in [6.45, 7) is 4.94. The number of ether oxygens (including phenoxy) is 4. The SMILES string of the molecule is C.CC(c1ccc(-c2ccccc2)cc1)(c1ccc(OCC2CO2)c(-c2ccccc2)c1)c1ccc(OCC2CO2)c(-c2ccccc2)c1. The number of benzene rings is 6. The Morgan fingerprint density at radius 2 is 0.857 bits per heavy atom. The summed E-state index contributed by atoms with van der Waals surface area (Å²) in [6.07, 6.45) is 0.343. The Kier molecular flexibility index (Phi) is 9.34. The maximum Gasteiger partial charge on any atom is 0.127 e. The van der Waals surface area contributed by atoms with E-state index in [1.807, 2.05) is 0 Å². The summed E-state index contributed by atoms with van der Waals surface area (Å²) in [7, 11) is 0. The molecule has 49 heavy (non-hydrogen) atoms. The van der Waals surface area contributed by atoms with Gasteiger partial charge >= 0.3 is 0 Å². The van der Waals surface area contributed by atoms with Crippen LogP contribution >= 0.6 is 0 Å². The van der Waals surface area contributed by atoms with Gasteiger partial charge in [-0.1, -0.05) is 135 Å². The van der Waals surface area contributed by atoms with Crippen molar-refractivity contribution in [1.82, 2.24) is 0 Å². The van der Waals surface area contributed by atoms with Crippen LogP contribution in [0, 0.1) is 0 Å². The molecule has 246 valence electrons. The molecule has 0 aliphatic carbocycles. The fourth-order valence-electron chi connectivity index (χ4n) is 6.44. The summed E-state index contributed by atoms with van der Waals surface area (Å²) in [5, 5.41) is 0. The van der Waals surface area contributed by atoms with E-state index in [0.29, 0.717) is 13.2 Å². The minimum atomic E-state index is -0.515. The lowest BCUT2D eigenvalue weighted by molar-refractivity contribution is 0.263. The standard InChI is InChI=1S/C44H38O4.CH4/c1-44(35-19-17-32(18-20-35)31-11-5-2-6-12-31,36-21-23-42(47-29-38-27-45-38)40(25-36)33-13-7-3-8-14-33)37-22-24-43(48-30-39-28-46-39)41(26-37)34-15-9-4-10-16-34;/h2-26,38-39H,27-30H2,1H3;1H4. The highest BCUT2D eigenvalue weighted by Gasteiger charge is 2.34. The third-order valence-corrected chi connectivity index (χ3v) is 9.51. The van der Waals surface area contributed by atoms with Gasteiger partial charge in [-0.05, 0) is 70.1 Å². The second kappa shape index (κ2) is 14.1. The zero-order valence-electron chi connectivity index (χ0n) is 27.0. The van der Waals surface area contributed by atoms with Crippen molar-refractivity contribution in [2.24, 2.45) is 0 Å². The van der Waals surface area contributed by atoms with Gasteiger partial charge in [0.2, 0.25) is 0 Å². The van der Waals surface area contributed by atoms with Crippen LogP contribution in [0.4, 0.5) is 0 Å². The summed E-state index contributed by atoms with van der Waals surface area (Å²) >= 11 is 0. The number of hydrogen-bond acceptors (Lipinski definition) is 4. The van der Waals surface area contributed by atoms with Crippen molar-refractivity contribution in [2.45, 2.75) is 32.0 Å². The number of hydrogen-bond donors (Lipinski definition) is 0. The molecule has 4 nitrogen and oxygen atoms in total. The van der Waals surface area contributed by atoms with E-state index >= 15 is 0 Å². The molecular weight excluding hydrogens is 604 g/mol. The van der Waals surface area contributed by atoms with Crippen molar-refractivity contribution >= 4 is 0 Å². The van der Waals surface area contributed by atoms with Gasteiger partial charge in [0.1, 0.15) is 36.9 Å². The van der Waals surface area contributed by atoms with Gasteiger partial charge in [0.05, 0.1) is 13.2 Å². The maximum atomic E-state index is 6.35. The third kappa shape index (κ3) is 7.03. The van der Waals surface area contributed by atoms with Gasteiger partial charge in [-0.15, -0.1) is 0 Å². The molecule has 2 fully saturated rings. The van der Waals surface area contributed by atoms with E-state index in [9.17, 15) is 0 Å². The Labute approximate surface area is 289 Å². The molecule has 8 rings (SSSR count). The first-order valence-electron chi connectivity index (χ1n) is 16.7. The van der Waals surface area contributed by atoms with Crippen LogP contribution in [-0.4, -0.2) is 38.6 Å². The predicted octanol–water partition coefficient (Wildman–Crippen LogP) is 10.2. The van der Waals surface area contributed by atoms with Gasteiger partial charge in [0, 0.05) is 16.5 Å². The molecule has 2 atom stereocenters. The molecule has 0 saturated carbocycles. The van der Waals surface area contributed by atoms with E-state index in [0.717, 1.165) is 47.0 Å². The van der Waals surface area contributed by atoms with Crippen molar-refractivity contribution in [2.75, 3.05) is 26.4 Å². The van der Waals surface area contributed by atoms with Crippen molar-refractivity contribution < 1.29 is 18.9 Å². The molecule has 0 radical (unpaired) electrons. The lowest BCUT2D eigenvalue weighted by Gasteiger charge is -2.33. The van der Waals surface area contributed by atoms with Crippen LogP contribution in [0.5, 0.6) is 11.5 Å². The molecule has 6 aromatic rings. The fraction of sp³-hybridized carbons (Fsp3) is 0.200. The number of epoxide rings is 2. The molecule has 2 aliphatic heterocycles. The third-order valence-electron chi connectivity index (χ3n) is 9.51. The highest BCUT2D eigenvalue weighted by Crippen LogP contribution is 2.45. The van der Waals surface area contributed by atoms with Gasteiger partial charge in [-0.25, -0.2) is 0 Å². The molecule has 0 bridgehead atoms. The van der Waals surface area contributed by atoms with Crippen molar-refractivity contribution in [3.8, 4) is 44.9 Å². The molecule has 0 N–H and O–H groups in total.